The van der Waals surface area contributed by atoms with Gasteiger partial charge in [-0.15, -0.1) is 0 Å². The van der Waals surface area contributed by atoms with Crippen molar-refractivity contribution in [2.75, 3.05) is 5.75 Å². The van der Waals surface area contributed by atoms with E-state index < -0.39 is 5.97 Å². The number of hydrogen-bond acceptors (Lipinski definition) is 5. The van der Waals surface area contributed by atoms with Crippen LogP contribution >= 0.6 is 11.8 Å². The SMILES string of the molecule is O=C(O)CC1(CSCc2nc(C3CC3)no2)CC1. The molecular formula is C12H16N2O3S. The molecule has 0 unspecified atom stereocenters. The van der Waals surface area contributed by atoms with Gasteiger partial charge in [-0.3, -0.25) is 4.79 Å². The Morgan fingerprint density at radius 1 is 1.50 bits per heavy atom. The number of rotatable bonds is 7. The molecule has 0 saturated heterocycles. The molecule has 2 fully saturated rings. The fourth-order valence-electron chi connectivity index (χ4n) is 2.06. The molecule has 18 heavy (non-hydrogen) atoms. The van der Waals surface area contributed by atoms with Crippen LogP contribution in [0.2, 0.25) is 0 Å². The van der Waals surface area contributed by atoms with Gasteiger partial charge in [-0.25, -0.2) is 0 Å². The predicted molar refractivity (Wildman–Crippen MR) is 66.4 cm³/mol. The molecule has 6 heteroatoms. The molecule has 0 atom stereocenters. The van der Waals surface area contributed by atoms with Crippen LogP contribution in [0.5, 0.6) is 0 Å². The van der Waals surface area contributed by atoms with E-state index in [-0.39, 0.29) is 11.8 Å². The van der Waals surface area contributed by atoms with Gasteiger partial charge in [0.05, 0.1) is 12.2 Å². The Bertz CT molecular complexity index is 452. The van der Waals surface area contributed by atoms with Crippen molar-refractivity contribution < 1.29 is 14.4 Å². The summed E-state index contributed by atoms with van der Waals surface area (Å²) < 4.78 is 5.18. The molecule has 1 aromatic heterocycles. The Balaban J connectivity index is 1.45. The summed E-state index contributed by atoms with van der Waals surface area (Å²) in [6.07, 6.45) is 4.70. The van der Waals surface area contributed by atoms with Crippen LogP contribution in [0.4, 0.5) is 0 Å². The number of carbonyl (C=O) groups is 1. The zero-order valence-corrected chi connectivity index (χ0v) is 10.9. The van der Waals surface area contributed by atoms with Gasteiger partial charge in [0, 0.05) is 5.92 Å². The van der Waals surface area contributed by atoms with Crippen molar-refractivity contribution in [1.82, 2.24) is 10.1 Å². The molecule has 98 valence electrons. The van der Waals surface area contributed by atoms with Gasteiger partial charge >= 0.3 is 5.97 Å². The van der Waals surface area contributed by atoms with Gasteiger partial charge in [-0.1, -0.05) is 5.16 Å². The molecule has 2 saturated carbocycles. The molecule has 1 aromatic rings. The maximum Gasteiger partial charge on any atom is 0.303 e. The first-order chi connectivity index (χ1) is 8.67. The van der Waals surface area contributed by atoms with E-state index in [0.717, 1.165) is 24.4 Å². The van der Waals surface area contributed by atoms with Crippen molar-refractivity contribution in [3.05, 3.63) is 11.7 Å². The zero-order chi connectivity index (χ0) is 12.6. The number of hydrogen-bond donors (Lipinski definition) is 1. The second-order valence-corrected chi connectivity index (χ2v) is 6.37. The van der Waals surface area contributed by atoms with E-state index in [2.05, 4.69) is 10.1 Å². The van der Waals surface area contributed by atoms with Crippen LogP contribution in [0.3, 0.4) is 0 Å². The molecule has 2 aliphatic carbocycles. The first-order valence-electron chi connectivity index (χ1n) is 6.29. The summed E-state index contributed by atoms with van der Waals surface area (Å²) in [4.78, 5) is 15.1. The van der Waals surface area contributed by atoms with E-state index in [1.54, 1.807) is 11.8 Å². The molecule has 0 radical (unpaired) electrons. The molecule has 5 nitrogen and oxygen atoms in total. The highest BCUT2D eigenvalue weighted by atomic mass is 32.2. The molecular weight excluding hydrogens is 252 g/mol. The van der Waals surface area contributed by atoms with E-state index in [1.807, 2.05) is 0 Å². The molecule has 2 aliphatic rings. The average molecular weight is 268 g/mol. The van der Waals surface area contributed by atoms with Crippen LogP contribution in [0.25, 0.3) is 0 Å². The third-order valence-electron chi connectivity index (χ3n) is 3.54. The molecule has 0 amide bonds. The standard InChI is InChI=1S/C12H16N2O3S/c15-10(16)5-12(3-4-12)7-18-6-9-13-11(14-17-9)8-1-2-8/h8H,1-7H2,(H,15,16). The fraction of sp³-hybridized carbons (Fsp3) is 0.750. The lowest BCUT2D eigenvalue weighted by Gasteiger charge is -2.10. The Morgan fingerprint density at radius 2 is 2.28 bits per heavy atom. The van der Waals surface area contributed by atoms with Crippen molar-refractivity contribution in [3.8, 4) is 0 Å². The largest absolute Gasteiger partial charge is 0.481 e. The van der Waals surface area contributed by atoms with Crippen molar-refractivity contribution in [2.24, 2.45) is 5.41 Å². The zero-order valence-electron chi connectivity index (χ0n) is 10.1. The van der Waals surface area contributed by atoms with Crippen LogP contribution in [0.1, 0.15) is 49.7 Å². The smallest absolute Gasteiger partial charge is 0.303 e. The second-order valence-electron chi connectivity index (χ2n) is 5.38. The Morgan fingerprint density at radius 3 is 2.89 bits per heavy atom. The highest BCUT2D eigenvalue weighted by Gasteiger charge is 2.44. The lowest BCUT2D eigenvalue weighted by molar-refractivity contribution is -0.138. The second kappa shape index (κ2) is 4.57. The van der Waals surface area contributed by atoms with Crippen molar-refractivity contribution in [1.29, 1.82) is 0 Å². The Hall–Kier alpha value is -1.04. The highest BCUT2D eigenvalue weighted by molar-refractivity contribution is 7.98. The molecule has 0 bridgehead atoms. The van der Waals surface area contributed by atoms with Crippen molar-refractivity contribution in [2.45, 2.75) is 43.8 Å². The summed E-state index contributed by atoms with van der Waals surface area (Å²) in [7, 11) is 0. The fourth-order valence-corrected chi connectivity index (χ4v) is 3.28. The lowest BCUT2D eigenvalue weighted by Crippen LogP contribution is -2.11. The van der Waals surface area contributed by atoms with E-state index in [0.29, 0.717) is 17.6 Å². The Labute approximate surface area is 109 Å². The minimum absolute atomic E-state index is 0.0375. The van der Waals surface area contributed by atoms with E-state index in [1.165, 1.54) is 12.8 Å². The van der Waals surface area contributed by atoms with E-state index >= 15 is 0 Å². The third-order valence-corrected chi connectivity index (χ3v) is 4.81. The topological polar surface area (TPSA) is 76.2 Å². The van der Waals surface area contributed by atoms with Gasteiger partial charge in [0.25, 0.3) is 0 Å². The van der Waals surface area contributed by atoms with Crippen LogP contribution < -0.4 is 0 Å². The lowest BCUT2D eigenvalue weighted by atomic mass is 10.1. The predicted octanol–water partition coefficient (Wildman–Crippen LogP) is 2.44. The van der Waals surface area contributed by atoms with Crippen molar-refractivity contribution in [3.63, 3.8) is 0 Å². The number of aliphatic carboxylic acids is 1. The van der Waals surface area contributed by atoms with Gasteiger partial charge < -0.3 is 9.63 Å². The minimum atomic E-state index is -0.693. The van der Waals surface area contributed by atoms with Gasteiger partial charge in [-0.2, -0.15) is 16.7 Å². The number of thioether (sulfide) groups is 1. The first-order valence-corrected chi connectivity index (χ1v) is 7.44. The maximum atomic E-state index is 10.7. The summed E-state index contributed by atoms with van der Waals surface area (Å²) in [5.74, 6) is 2.92. The van der Waals surface area contributed by atoms with E-state index in [9.17, 15) is 4.79 Å². The first kappa shape index (κ1) is 12.0. The monoisotopic (exact) mass is 268 g/mol. The summed E-state index contributed by atoms with van der Waals surface area (Å²) in [6.45, 7) is 0. The minimum Gasteiger partial charge on any atom is -0.481 e. The molecule has 3 rings (SSSR count). The van der Waals surface area contributed by atoms with Gasteiger partial charge in [0.15, 0.2) is 5.82 Å². The van der Waals surface area contributed by atoms with Crippen molar-refractivity contribution >= 4 is 17.7 Å². The van der Waals surface area contributed by atoms with Crippen LogP contribution in [0.15, 0.2) is 4.52 Å². The van der Waals surface area contributed by atoms with Crippen LogP contribution in [-0.2, 0) is 10.5 Å². The third kappa shape index (κ3) is 2.85. The number of nitrogens with zero attached hydrogens (tertiary/aromatic N) is 2. The highest BCUT2D eigenvalue weighted by Crippen LogP contribution is 2.51. The normalized spacial score (nSPS) is 20.9. The quantitative estimate of drug-likeness (QED) is 0.818. The van der Waals surface area contributed by atoms with Gasteiger partial charge in [0.1, 0.15) is 0 Å². The van der Waals surface area contributed by atoms with Gasteiger partial charge in [-0.05, 0) is 36.9 Å². The van der Waals surface area contributed by atoms with E-state index in [4.69, 9.17) is 9.63 Å². The molecule has 0 aromatic carbocycles. The summed E-state index contributed by atoms with van der Waals surface area (Å²) >= 11 is 1.70. The van der Waals surface area contributed by atoms with Gasteiger partial charge in [0.2, 0.25) is 5.89 Å². The summed E-state index contributed by atoms with van der Waals surface area (Å²) in [5.41, 5.74) is 0.0375. The number of carboxylic acid groups (broad SMARTS) is 1. The summed E-state index contributed by atoms with van der Waals surface area (Å²) in [6, 6.07) is 0. The molecule has 1 N–H and O–H groups in total. The molecule has 0 spiro atoms. The maximum absolute atomic E-state index is 10.7. The molecule has 1 heterocycles. The Kier molecular flexibility index (Phi) is 3.05. The summed E-state index contributed by atoms with van der Waals surface area (Å²) in [5, 5.41) is 12.8. The van der Waals surface area contributed by atoms with Crippen LogP contribution in [-0.4, -0.2) is 27.0 Å². The average Bonchev–Trinajstić information content (AvgIpc) is 3.22. The van der Waals surface area contributed by atoms with Crippen LogP contribution in [0, 0.1) is 5.41 Å². The number of carboxylic acids is 1. The number of aromatic nitrogens is 2. The molecule has 0 aliphatic heterocycles.